The first kappa shape index (κ1) is 25.4. The van der Waals surface area contributed by atoms with Gasteiger partial charge in [-0.2, -0.15) is 0 Å². The van der Waals surface area contributed by atoms with E-state index in [9.17, 15) is 9.59 Å². The number of ether oxygens (including phenoxy) is 2. The van der Waals surface area contributed by atoms with E-state index in [-0.39, 0.29) is 11.9 Å². The van der Waals surface area contributed by atoms with Gasteiger partial charge in [0.1, 0.15) is 11.5 Å². The maximum absolute atomic E-state index is 12.6. The van der Waals surface area contributed by atoms with Gasteiger partial charge in [-0.05, 0) is 55.6 Å². The van der Waals surface area contributed by atoms with Gasteiger partial charge in [-0.15, -0.1) is 0 Å². The van der Waals surface area contributed by atoms with Crippen LogP contribution in [-0.4, -0.2) is 60.1 Å². The third-order valence-electron chi connectivity index (χ3n) is 5.18. The van der Waals surface area contributed by atoms with Crippen LogP contribution < -0.4 is 25.4 Å². The lowest BCUT2D eigenvalue weighted by Gasteiger charge is -2.18. The van der Waals surface area contributed by atoms with Crippen molar-refractivity contribution in [1.82, 2.24) is 20.2 Å². The summed E-state index contributed by atoms with van der Waals surface area (Å²) in [4.78, 5) is 35.2. The molecule has 1 aromatic heterocycles. The van der Waals surface area contributed by atoms with Crippen LogP contribution in [0.1, 0.15) is 24.2 Å². The Hall–Kier alpha value is -4.18. The van der Waals surface area contributed by atoms with Crippen LogP contribution >= 0.6 is 0 Å². The highest BCUT2D eigenvalue weighted by Crippen LogP contribution is 2.24. The molecule has 0 saturated heterocycles. The van der Waals surface area contributed by atoms with Crippen LogP contribution in [0, 0.1) is 0 Å². The Morgan fingerprint density at radius 3 is 2.26 bits per heavy atom. The molecule has 3 aromatic rings. The Morgan fingerprint density at radius 2 is 1.60 bits per heavy atom. The molecule has 0 saturated carbocycles. The van der Waals surface area contributed by atoms with Crippen LogP contribution in [-0.2, 0) is 0 Å². The summed E-state index contributed by atoms with van der Waals surface area (Å²) in [6.07, 6.45) is 3.17. The zero-order valence-electron chi connectivity index (χ0n) is 20.1. The van der Waals surface area contributed by atoms with E-state index in [1.807, 2.05) is 0 Å². The van der Waals surface area contributed by atoms with Crippen molar-refractivity contribution in [3.8, 4) is 17.5 Å². The molecule has 0 aliphatic carbocycles. The first-order valence-corrected chi connectivity index (χ1v) is 11.3. The average Bonchev–Trinajstić information content (AvgIpc) is 2.88. The Bertz CT molecular complexity index is 1100. The van der Waals surface area contributed by atoms with Crippen LogP contribution in [0.5, 0.6) is 17.5 Å². The first-order valence-electron chi connectivity index (χ1n) is 11.3. The van der Waals surface area contributed by atoms with Gasteiger partial charge in [-0.3, -0.25) is 4.79 Å². The number of carbonyl (C=O) groups excluding carboxylic acids is 2. The number of amides is 3. The number of carbonyl (C=O) groups is 2. The monoisotopic (exact) mass is 478 g/mol. The van der Waals surface area contributed by atoms with E-state index in [1.165, 1.54) is 7.11 Å². The normalized spacial score (nSPS) is 10.5. The highest BCUT2D eigenvalue weighted by atomic mass is 16.5. The number of methoxy groups -OCH3 is 1. The second-order valence-electron chi connectivity index (χ2n) is 7.43. The molecule has 0 spiro atoms. The summed E-state index contributed by atoms with van der Waals surface area (Å²) in [6.45, 7) is 7.34. The van der Waals surface area contributed by atoms with Crippen molar-refractivity contribution in [3.05, 3.63) is 66.5 Å². The Labute approximate surface area is 204 Å². The van der Waals surface area contributed by atoms with Crippen LogP contribution in [0.3, 0.4) is 0 Å². The Kier molecular flexibility index (Phi) is 9.38. The topological polar surface area (TPSA) is 118 Å². The molecule has 0 aliphatic rings. The number of benzene rings is 2. The van der Waals surface area contributed by atoms with E-state index in [4.69, 9.17) is 9.47 Å². The molecule has 35 heavy (non-hydrogen) atoms. The average molecular weight is 479 g/mol. The zero-order chi connectivity index (χ0) is 25.0. The first-order chi connectivity index (χ1) is 17.0. The minimum Gasteiger partial charge on any atom is -0.496 e. The number of hydrogen-bond acceptors (Lipinski definition) is 7. The highest BCUT2D eigenvalue weighted by molar-refractivity contribution is 6.01. The molecule has 3 rings (SSSR count). The summed E-state index contributed by atoms with van der Waals surface area (Å²) in [6, 6.07) is 13.2. The predicted octanol–water partition coefficient (Wildman–Crippen LogP) is 3.99. The maximum Gasteiger partial charge on any atom is 0.323 e. The largest absolute Gasteiger partial charge is 0.496 e. The fourth-order valence-corrected chi connectivity index (χ4v) is 3.26. The van der Waals surface area contributed by atoms with Gasteiger partial charge in [0.15, 0.2) is 0 Å². The van der Waals surface area contributed by atoms with E-state index < -0.39 is 6.03 Å². The van der Waals surface area contributed by atoms with Gasteiger partial charge >= 0.3 is 12.0 Å². The smallest absolute Gasteiger partial charge is 0.323 e. The fourth-order valence-electron chi connectivity index (χ4n) is 3.26. The van der Waals surface area contributed by atoms with Crippen molar-refractivity contribution in [2.45, 2.75) is 13.8 Å². The predicted molar refractivity (Wildman–Crippen MR) is 134 cm³/mol. The van der Waals surface area contributed by atoms with E-state index >= 15 is 0 Å². The summed E-state index contributed by atoms with van der Waals surface area (Å²) in [5.74, 6) is 0.679. The Morgan fingerprint density at radius 1 is 0.943 bits per heavy atom. The lowest BCUT2D eigenvalue weighted by molar-refractivity contribution is 0.0946. The number of rotatable bonds is 11. The minimum atomic E-state index is -0.441. The molecule has 0 bridgehead atoms. The van der Waals surface area contributed by atoms with Crippen LogP contribution in [0.2, 0.25) is 0 Å². The third kappa shape index (κ3) is 7.68. The number of urea groups is 1. The quantitative estimate of drug-likeness (QED) is 0.381. The molecule has 1 heterocycles. The molecule has 3 amide bonds. The molecule has 0 atom stereocenters. The van der Waals surface area contributed by atoms with Crippen molar-refractivity contribution in [2.75, 3.05) is 43.9 Å². The molecular formula is C25H30N6O4. The lowest BCUT2D eigenvalue weighted by atomic mass is 10.1. The summed E-state index contributed by atoms with van der Waals surface area (Å²) in [5.41, 5.74) is 1.45. The number of nitrogens with one attached hydrogen (secondary N) is 3. The number of anilines is 2. The minimum absolute atomic E-state index is 0.229. The molecule has 0 unspecified atom stereocenters. The van der Waals surface area contributed by atoms with Crippen LogP contribution in [0.15, 0.2) is 60.9 Å². The van der Waals surface area contributed by atoms with Crippen molar-refractivity contribution >= 4 is 23.3 Å². The van der Waals surface area contributed by atoms with Gasteiger partial charge in [0.2, 0.25) is 0 Å². The lowest BCUT2D eigenvalue weighted by Crippen LogP contribution is -2.34. The van der Waals surface area contributed by atoms with Gasteiger partial charge < -0.3 is 30.3 Å². The van der Waals surface area contributed by atoms with Crippen molar-refractivity contribution < 1.29 is 19.1 Å². The molecule has 10 nitrogen and oxygen atoms in total. The molecular weight excluding hydrogens is 448 g/mol. The van der Waals surface area contributed by atoms with E-state index in [0.29, 0.717) is 35.0 Å². The number of nitrogens with zero attached hydrogens (tertiary/aromatic N) is 3. The number of likely N-dealkylation sites (N-methyl/N-ethyl adjacent to an activating group) is 1. The molecule has 10 heteroatoms. The fraction of sp³-hybridized carbons (Fsp3) is 0.280. The van der Waals surface area contributed by atoms with Gasteiger partial charge in [0.05, 0.1) is 12.7 Å². The van der Waals surface area contributed by atoms with E-state index in [0.717, 1.165) is 19.6 Å². The number of hydrogen-bond donors (Lipinski definition) is 3. The molecule has 2 aromatic carbocycles. The summed E-state index contributed by atoms with van der Waals surface area (Å²) < 4.78 is 10.9. The highest BCUT2D eigenvalue weighted by Gasteiger charge is 2.14. The number of aromatic nitrogens is 2. The van der Waals surface area contributed by atoms with Gasteiger partial charge in [0.25, 0.3) is 5.91 Å². The second-order valence-corrected chi connectivity index (χ2v) is 7.43. The molecule has 3 N–H and O–H groups in total. The maximum atomic E-state index is 12.6. The molecule has 0 fully saturated rings. The second kappa shape index (κ2) is 12.9. The van der Waals surface area contributed by atoms with Gasteiger partial charge in [-0.25, -0.2) is 14.8 Å². The van der Waals surface area contributed by atoms with Crippen molar-refractivity contribution in [1.29, 1.82) is 0 Å². The zero-order valence-corrected chi connectivity index (χ0v) is 20.1. The molecule has 0 radical (unpaired) electrons. The van der Waals surface area contributed by atoms with E-state index in [1.54, 1.807) is 60.9 Å². The summed E-state index contributed by atoms with van der Waals surface area (Å²) in [7, 11) is 1.48. The molecule has 184 valence electrons. The summed E-state index contributed by atoms with van der Waals surface area (Å²) >= 11 is 0. The Balaban J connectivity index is 1.54. The standard InChI is InChI=1S/C25H30N6O4/c1-4-31(5-2)16-15-26-23(32)21-12-9-19(17-22(21)34-3)30-24(33)29-18-7-10-20(11-8-18)35-25-27-13-6-14-28-25/h6-14,17H,4-5,15-16H2,1-3H3,(H,26,32)(H2,29,30,33). The van der Waals surface area contributed by atoms with E-state index in [2.05, 4.69) is 44.7 Å². The summed E-state index contributed by atoms with van der Waals surface area (Å²) in [5, 5.41) is 8.39. The van der Waals surface area contributed by atoms with Crippen molar-refractivity contribution in [3.63, 3.8) is 0 Å². The van der Waals surface area contributed by atoms with Crippen molar-refractivity contribution in [2.24, 2.45) is 0 Å². The molecule has 0 aliphatic heterocycles. The van der Waals surface area contributed by atoms with Crippen LogP contribution in [0.4, 0.5) is 16.2 Å². The SMILES string of the molecule is CCN(CC)CCNC(=O)c1ccc(NC(=O)Nc2ccc(Oc3ncccn3)cc2)cc1OC. The van der Waals surface area contributed by atoms with Gasteiger partial charge in [-0.1, -0.05) is 13.8 Å². The van der Waals surface area contributed by atoms with Crippen LogP contribution in [0.25, 0.3) is 0 Å². The third-order valence-corrected chi connectivity index (χ3v) is 5.18. The van der Waals surface area contributed by atoms with Gasteiger partial charge in [0, 0.05) is 42.9 Å².